The summed E-state index contributed by atoms with van der Waals surface area (Å²) in [5, 5.41) is 4.94. The third kappa shape index (κ3) is 5.70. The molecule has 2 aliphatic rings. The third-order valence-corrected chi connectivity index (χ3v) is 6.59. The molecule has 0 radical (unpaired) electrons. The predicted molar refractivity (Wildman–Crippen MR) is 132 cm³/mol. The molecule has 1 N–H and O–H groups in total. The zero-order chi connectivity index (χ0) is 24.3. The lowest BCUT2D eigenvalue weighted by atomic mass is 10.0. The summed E-state index contributed by atoms with van der Waals surface area (Å²) in [5.74, 6) is -0.227. The minimum absolute atomic E-state index is 0.0487. The molecule has 2 aromatic rings. The van der Waals surface area contributed by atoms with Crippen LogP contribution in [-0.4, -0.2) is 65.1 Å². The maximum absolute atomic E-state index is 13.2. The molecule has 2 aliphatic heterocycles. The number of nitrogens with zero attached hydrogens (tertiary/aromatic N) is 3. The Morgan fingerprint density at radius 1 is 1.18 bits per heavy atom. The van der Waals surface area contributed by atoms with Gasteiger partial charge in [-0.05, 0) is 44.7 Å². The summed E-state index contributed by atoms with van der Waals surface area (Å²) in [5.41, 5.74) is 0.412. The van der Waals surface area contributed by atoms with Gasteiger partial charge in [-0.25, -0.2) is 9.79 Å². The molecule has 1 saturated heterocycles. The van der Waals surface area contributed by atoms with Crippen LogP contribution in [0.1, 0.15) is 44.2 Å². The van der Waals surface area contributed by atoms with Crippen molar-refractivity contribution in [2.45, 2.75) is 58.0 Å². The van der Waals surface area contributed by atoms with E-state index in [0.29, 0.717) is 25.7 Å². The second-order valence-electron chi connectivity index (χ2n) is 9.53. The van der Waals surface area contributed by atoms with Gasteiger partial charge in [0.15, 0.2) is 0 Å². The van der Waals surface area contributed by atoms with E-state index in [9.17, 15) is 9.59 Å². The molecule has 1 aromatic heterocycles. The van der Waals surface area contributed by atoms with Gasteiger partial charge in [0, 0.05) is 18.0 Å². The van der Waals surface area contributed by atoms with Gasteiger partial charge in [-0.3, -0.25) is 9.69 Å². The standard InChI is InChI=1S/C25H32N4O4S/c1-17-21(18-9-6-5-7-10-18)32-23(27-17)28-12-13-29(24(31)33-25(2,3)4)20(16-28)22(30)26-15-19-11-8-14-34-19/h5-11,14,17,20-21H,12-13,15-16H2,1-4H3,(H,26,30)/t17-,20?,21+/m0/s1. The van der Waals surface area contributed by atoms with E-state index in [2.05, 4.69) is 5.32 Å². The van der Waals surface area contributed by atoms with Crippen LogP contribution in [0.25, 0.3) is 0 Å². The van der Waals surface area contributed by atoms with Crippen molar-refractivity contribution in [1.82, 2.24) is 15.1 Å². The van der Waals surface area contributed by atoms with Crippen molar-refractivity contribution in [3.63, 3.8) is 0 Å². The number of hydrogen-bond acceptors (Lipinski definition) is 7. The van der Waals surface area contributed by atoms with Crippen LogP contribution in [-0.2, 0) is 20.8 Å². The molecule has 1 aromatic carbocycles. The van der Waals surface area contributed by atoms with E-state index in [1.807, 2.05) is 80.4 Å². The van der Waals surface area contributed by atoms with E-state index in [1.54, 1.807) is 11.3 Å². The molecule has 34 heavy (non-hydrogen) atoms. The summed E-state index contributed by atoms with van der Waals surface area (Å²) >= 11 is 1.58. The van der Waals surface area contributed by atoms with E-state index in [1.165, 1.54) is 4.90 Å². The fraction of sp³-hybridized carbons (Fsp3) is 0.480. The molecule has 8 nitrogen and oxygen atoms in total. The number of hydrogen-bond donors (Lipinski definition) is 1. The second kappa shape index (κ2) is 10.0. The number of amidine groups is 1. The zero-order valence-electron chi connectivity index (χ0n) is 20.1. The third-order valence-electron chi connectivity index (χ3n) is 5.71. The summed E-state index contributed by atoms with van der Waals surface area (Å²) in [6.45, 7) is 9.01. The molecular formula is C25H32N4O4S. The average Bonchev–Trinajstić information content (AvgIpc) is 3.46. The molecule has 0 saturated carbocycles. The second-order valence-corrected chi connectivity index (χ2v) is 10.6. The SMILES string of the molecule is C[C@@H]1N=C(N2CCN(C(=O)OC(C)(C)C)C(C(=O)NCc3cccs3)C2)O[C@H]1c1ccccc1. The number of thiophene rings is 1. The molecule has 0 spiro atoms. The Bertz CT molecular complexity index is 1020. The minimum atomic E-state index is -0.721. The lowest BCUT2D eigenvalue weighted by Crippen LogP contribution is -2.62. The van der Waals surface area contributed by atoms with E-state index in [4.69, 9.17) is 14.5 Å². The average molecular weight is 485 g/mol. The summed E-state index contributed by atoms with van der Waals surface area (Å²) < 4.78 is 11.8. The first kappa shape index (κ1) is 24.1. The number of amides is 2. The Labute approximate surface area is 204 Å². The first-order chi connectivity index (χ1) is 16.2. The maximum atomic E-state index is 13.2. The van der Waals surface area contributed by atoms with Gasteiger partial charge in [-0.1, -0.05) is 36.4 Å². The van der Waals surface area contributed by atoms with Crippen LogP contribution in [0.15, 0.2) is 52.8 Å². The number of aliphatic imine (C=N–C) groups is 1. The quantitative estimate of drug-likeness (QED) is 0.714. The van der Waals surface area contributed by atoms with Crippen molar-refractivity contribution in [2.75, 3.05) is 19.6 Å². The Morgan fingerprint density at radius 3 is 2.62 bits per heavy atom. The van der Waals surface area contributed by atoms with Gasteiger partial charge in [0.05, 0.1) is 19.1 Å². The minimum Gasteiger partial charge on any atom is -0.455 e. The molecule has 3 heterocycles. The highest BCUT2D eigenvalue weighted by Gasteiger charge is 2.41. The zero-order valence-corrected chi connectivity index (χ0v) is 20.9. The van der Waals surface area contributed by atoms with Gasteiger partial charge < -0.3 is 19.7 Å². The monoisotopic (exact) mass is 484 g/mol. The molecule has 0 aliphatic carbocycles. The number of nitrogens with one attached hydrogen (secondary N) is 1. The van der Waals surface area contributed by atoms with Crippen LogP contribution in [0, 0.1) is 0 Å². The van der Waals surface area contributed by atoms with Gasteiger partial charge in [-0.15, -0.1) is 11.3 Å². The van der Waals surface area contributed by atoms with E-state index >= 15 is 0 Å². The smallest absolute Gasteiger partial charge is 0.411 e. The Balaban J connectivity index is 1.48. The molecule has 9 heteroatoms. The van der Waals surface area contributed by atoms with Crippen molar-refractivity contribution in [3.8, 4) is 0 Å². The molecule has 1 unspecified atom stereocenters. The fourth-order valence-corrected chi connectivity index (χ4v) is 4.70. The van der Waals surface area contributed by atoms with E-state index in [0.717, 1.165) is 10.4 Å². The molecule has 2 amide bonds. The number of rotatable bonds is 4. The summed E-state index contributed by atoms with van der Waals surface area (Å²) in [7, 11) is 0. The summed E-state index contributed by atoms with van der Waals surface area (Å²) in [6, 6.07) is 13.7. The number of benzene rings is 1. The fourth-order valence-electron chi connectivity index (χ4n) is 4.06. The van der Waals surface area contributed by atoms with Gasteiger partial charge in [0.25, 0.3) is 6.02 Å². The summed E-state index contributed by atoms with van der Waals surface area (Å²) in [4.78, 5) is 35.4. The van der Waals surface area contributed by atoms with E-state index < -0.39 is 17.7 Å². The van der Waals surface area contributed by atoms with Gasteiger partial charge in [0.2, 0.25) is 5.91 Å². The number of carbonyl (C=O) groups excluding carboxylic acids is 2. The first-order valence-electron chi connectivity index (χ1n) is 11.6. The Morgan fingerprint density at radius 2 is 1.94 bits per heavy atom. The van der Waals surface area contributed by atoms with E-state index in [-0.39, 0.29) is 24.6 Å². The van der Waals surface area contributed by atoms with Crippen molar-refractivity contribution in [1.29, 1.82) is 0 Å². The molecule has 182 valence electrons. The molecule has 1 fully saturated rings. The Hall–Kier alpha value is -3.07. The highest BCUT2D eigenvalue weighted by atomic mass is 32.1. The molecule has 0 bridgehead atoms. The van der Waals surface area contributed by atoms with Crippen LogP contribution in [0.5, 0.6) is 0 Å². The van der Waals surface area contributed by atoms with Crippen LogP contribution >= 0.6 is 11.3 Å². The van der Waals surface area contributed by atoms with Gasteiger partial charge >= 0.3 is 6.09 Å². The molecular weight excluding hydrogens is 452 g/mol. The van der Waals surface area contributed by atoms with Gasteiger partial charge in [-0.2, -0.15) is 0 Å². The van der Waals surface area contributed by atoms with Crippen LogP contribution in [0.2, 0.25) is 0 Å². The number of carbonyl (C=O) groups is 2. The van der Waals surface area contributed by atoms with Crippen LogP contribution in [0.4, 0.5) is 4.79 Å². The first-order valence-corrected chi connectivity index (χ1v) is 12.4. The normalized spacial score (nSPS) is 22.7. The number of piperazine rings is 1. The van der Waals surface area contributed by atoms with Crippen molar-refractivity contribution >= 4 is 29.4 Å². The molecule has 4 rings (SSSR count). The predicted octanol–water partition coefficient (Wildman–Crippen LogP) is 3.80. The molecule has 3 atom stereocenters. The number of ether oxygens (including phenoxy) is 2. The lowest BCUT2D eigenvalue weighted by molar-refractivity contribution is -0.128. The topological polar surface area (TPSA) is 83.5 Å². The maximum Gasteiger partial charge on any atom is 0.411 e. The summed E-state index contributed by atoms with van der Waals surface area (Å²) in [6.07, 6.45) is -0.667. The largest absolute Gasteiger partial charge is 0.455 e. The van der Waals surface area contributed by atoms with Crippen molar-refractivity contribution < 1.29 is 19.1 Å². The lowest BCUT2D eigenvalue weighted by Gasteiger charge is -2.41. The van der Waals surface area contributed by atoms with Crippen LogP contribution in [0.3, 0.4) is 0 Å². The Kier molecular flexibility index (Phi) is 7.11. The van der Waals surface area contributed by atoms with Gasteiger partial charge in [0.1, 0.15) is 17.7 Å². The highest BCUT2D eigenvalue weighted by Crippen LogP contribution is 2.30. The van der Waals surface area contributed by atoms with Crippen molar-refractivity contribution in [3.05, 3.63) is 58.3 Å². The highest BCUT2D eigenvalue weighted by molar-refractivity contribution is 7.09. The van der Waals surface area contributed by atoms with Crippen LogP contribution < -0.4 is 5.32 Å². The van der Waals surface area contributed by atoms with Crippen molar-refractivity contribution in [2.24, 2.45) is 4.99 Å².